The van der Waals surface area contributed by atoms with E-state index in [-0.39, 0.29) is 11.9 Å². The van der Waals surface area contributed by atoms with Gasteiger partial charge in [-0.3, -0.25) is 10.1 Å². The van der Waals surface area contributed by atoms with Crippen LogP contribution >= 0.6 is 11.8 Å². The van der Waals surface area contributed by atoms with Crippen LogP contribution in [0, 0.1) is 0 Å². The zero-order chi connectivity index (χ0) is 13.0. The van der Waals surface area contributed by atoms with Crippen LogP contribution in [0.1, 0.15) is 37.3 Å². The highest BCUT2D eigenvalue weighted by atomic mass is 32.2. The number of carbonyl (C=O) groups excluding carboxylic acids is 1. The third-order valence-electron chi connectivity index (χ3n) is 3.49. The summed E-state index contributed by atoms with van der Waals surface area (Å²) < 4.78 is 0. The van der Waals surface area contributed by atoms with Gasteiger partial charge in [0.25, 0.3) is 0 Å². The number of primary amides is 1. The van der Waals surface area contributed by atoms with E-state index in [9.17, 15) is 4.79 Å². The highest BCUT2D eigenvalue weighted by Gasteiger charge is 2.23. The lowest BCUT2D eigenvalue weighted by atomic mass is 10.0. The van der Waals surface area contributed by atoms with E-state index in [0.717, 1.165) is 18.4 Å². The molecule has 98 valence electrons. The molecule has 3 N–H and O–H groups in total. The Morgan fingerprint density at radius 2 is 1.94 bits per heavy atom. The lowest BCUT2D eigenvalue weighted by molar-refractivity contribution is -0.120. The second-order valence-electron chi connectivity index (χ2n) is 4.76. The first-order valence-corrected chi connectivity index (χ1v) is 7.62. The Morgan fingerprint density at radius 3 is 2.44 bits per heavy atom. The van der Waals surface area contributed by atoms with E-state index in [1.807, 2.05) is 30.5 Å². The fourth-order valence-electron chi connectivity index (χ4n) is 2.47. The van der Waals surface area contributed by atoms with Gasteiger partial charge in [-0.1, -0.05) is 25.0 Å². The van der Waals surface area contributed by atoms with Crippen LogP contribution in [0.3, 0.4) is 0 Å². The quantitative estimate of drug-likeness (QED) is 0.803. The molecule has 1 aromatic rings. The lowest BCUT2D eigenvalue weighted by Gasteiger charge is -2.20. The minimum atomic E-state index is -0.357. The van der Waals surface area contributed by atoms with Crippen molar-refractivity contribution >= 4 is 17.7 Å². The van der Waals surface area contributed by atoms with Crippen molar-refractivity contribution < 1.29 is 4.79 Å². The van der Waals surface area contributed by atoms with Crippen molar-refractivity contribution in [2.45, 2.75) is 42.7 Å². The van der Waals surface area contributed by atoms with Crippen LogP contribution in [0.5, 0.6) is 0 Å². The molecule has 0 spiro atoms. The summed E-state index contributed by atoms with van der Waals surface area (Å²) in [5.74, 6) is -0.293. The Kier molecular flexibility index (Phi) is 4.66. The Hall–Kier alpha value is -1.00. The van der Waals surface area contributed by atoms with Crippen molar-refractivity contribution in [1.29, 1.82) is 0 Å². The van der Waals surface area contributed by atoms with E-state index < -0.39 is 0 Å². The maximum atomic E-state index is 11.6. The first-order valence-electron chi connectivity index (χ1n) is 6.40. The van der Waals surface area contributed by atoms with Crippen molar-refractivity contribution in [2.75, 3.05) is 6.26 Å². The molecule has 0 aromatic heterocycles. The topological polar surface area (TPSA) is 55.1 Å². The Labute approximate surface area is 113 Å². The molecular formula is C14H20N2OS. The maximum Gasteiger partial charge on any atom is 0.239 e. The predicted molar refractivity (Wildman–Crippen MR) is 75.6 cm³/mol. The standard InChI is InChI=1S/C14H20N2OS/c1-18-12-8-6-10(7-9-12)13(14(15)17)16-11-4-2-3-5-11/h6-9,11,13,16H,2-5H2,1H3,(H2,15,17). The fraction of sp³-hybridized carbons (Fsp3) is 0.500. The van der Waals surface area contributed by atoms with Crippen molar-refractivity contribution in [3.05, 3.63) is 29.8 Å². The summed E-state index contributed by atoms with van der Waals surface area (Å²) in [4.78, 5) is 12.8. The van der Waals surface area contributed by atoms with Gasteiger partial charge in [-0.15, -0.1) is 11.8 Å². The van der Waals surface area contributed by atoms with Crippen LogP contribution in [-0.4, -0.2) is 18.2 Å². The lowest BCUT2D eigenvalue weighted by Crippen LogP contribution is -2.38. The molecule has 0 bridgehead atoms. The van der Waals surface area contributed by atoms with Crippen molar-refractivity contribution in [1.82, 2.24) is 5.32 Å². The van der Waals surface area contributed by atoms with Gasteiger partial charge in [0.1, 0.15) is 6.04 Å². The first kappa shape index (κ1) is 13.4. The van der Waals surface area contributed by atoms with Gasteiger partial charge in [-0.05, 0) is 36.8 Å². The normalized spacial score (nSPS) is 17.8. The van der Waals surface area contributed by atoms with E-state index in [1.54, 1.807) is 11.8 Å². The van der Waals surface area contributed by atoms with Gasteiger partial charge in [0, 0.05) is 10.9 Å². The van der Waals surface area contributed by atoms with E-state index in [0.29, 0.717) is 6.04 Å². The number of benzene rings is 1. The summed E-state index contributed by atoms with van der Waals surface area (Å²) in [5.41, 5.74) is 6.48. The van der Waals surface area contributed by atoms with Gasteiger partial charge in [-0.25, -0.2) is 0 Å². The average molecular weight is 264 g/mol. The summed E-state index contributed by atoms with van der Waals surface area (Å²) >= 11 is 1.69. The molecule has 1 unspecified atom stereocenters. The molecule has 1 fully saturated rings. The number of nitrogens with one attached hydrogen (secondary N) is 1. The number of nitrogens with two attached hydrogens (primary N) is 1. The minimum Gasteiger partial charge on any atom is -0.368 e. The average Bonchev–Trinajstić information content (AvgIpc) is 2.89. The van der Waals surface area contributed by atoms with Crippen LogP contribution in [-0.2, 0) is 4.79 Å². The summed E-state index contributed by atoms with van der Waals surface area (Å²) in [6, 6.07) is 8.12. The summed E-state index contributed by atoms with van der Waals surface area (Å²) in [5, 5.41) is 3.39. The SMILES string of the molecule is CSc1ccc(C(NC2CCCC2)C(N)=O)cc1. The number of hydrogen-bond acceptors (Lipinski definition) is 3. The molecule has 2 rings (SSSR count). The van der Waals surface area contributed by atoms with E-state index in [2.05, 4.69) is 5.32 Å². The zero-order valence-electron chi connectivity index (χ0n) is 10.7. The first-order chi connectivity index (χ1) is 8.70. The van der Waals surface area contributed by atoms with E-state index >= 15 is 0 Å². The van der Waals surface area contributed by atoms with Gasteiger partial charge < -0.3 is 5.73 Å². The molecule has 1 aromatic carbocycles. The summed E-state index contributed by atoms with van der Waals surface area (Å²) in [7, 11) is 0. The fourth-order valence-corrected chi connectivity index (χ4v) is 2.88. The number of amides is 1. The molecular weight excluding hydrogens is 244 g/mol. The summed E-state index contributed by atoms with van der Waals surface area (Å²) in [6.45, 7) is 0. The largest absolute Gasteiger partial charge is 0.368 e. The van der Waals surface area contributed by atoms with Crippen LogP contribution in [0.2, 0.25) is 0 Å². The van der Waals surface area contributed by atoms with Gasteiger partial charge in [0.15, 0.2) is 0 Å². The molecule has 18 heavy (non-hydrogen) atoms. The third kappa shape index (κ3) is 3.27. The molecule has 1 saturated carbocycles. The minimum absolute atomic E-state index is 0.293. The monoisotopic (exact) mass is 264 g/mol. The van der Waals surface area contributed by atoms with Crippen molar-refractivity contribution in [3.8, 4) is 0 Å². The van der Waals surface area contributed by atoms with E-state index in [4.69, 9.17) is 5.73 Å². The third-order valence-corrected chi connectivity index (χ3v) is 4.23. The molecule has 1 aliphatic carbocycles. The van der Waals surface area contributed by atoms with Crippen LogP contribution in [0.4, 0.5) is 0 Å². The molecule has 0 saturated heterocycles. The molecule has 1 atom stereocenters. The van der Waals surface area contributed by atoms with Gasteiger partial charge in [0.2, 0.25) is 5.91 Å². The molecule has 0 radical (unpaired) electrons. The van der Waals surface area contributed by atoms with Crippen LogP contribution in [0.25, 0.3) is 0 Å². The zero-order valence-corrected chi connectivity index (χ0v) is 11.5. The Morgan fingerprint density at radius 1 is 1.33 bits per heavy atom. The second-order valence-corrected chi connectivity index (χ2v) is 5.64. The predicted octanol–water partition coefficient (Wildman–Crippen LogP) is 2.47. The number of rotatable bonds is 5. The van der Waals surface area contributed by atoms with Gasteiger partial charge in [-0.2, -0.15) is 0 Å². The van der Waals surface area contributed by atoms with Crippen molar-refractivity contribution in [3.63, 3.8) is 0 Å². The maximum absolute atomic E-state index is 11.6. The van der Waals surface area contributed by atoms with Crippen LogP contribution < -0.4 is 11.1 Å². The number of thioether (sulfide) groups is 1. The van der Waals surface area contributed by atoms with Gasteiger partial charge in [0.05, 0.1) is 0 Å². The molecule has 3 nitrogen and oxygen atoms in total. The highest BCUT2D eigenvalue weighted by Crippen LogP contribution is 2.23. The molecule has 0 heterocycles. The molecule has 1 aliphatic rings. The number of carbonyl (C=O) groups is 1. The number of hydrogen-bond donors (Lipinski definition) is 2. The smallest absolute Gasteiger partial charge is 0.239 e. The second kappa shape index (κ2) is 6.25. The van der Waals surface area contributed by atoms with Crippen molar-refractivity contribution in [2.24, 2.45) is 5.73 Å². The summed E-state index contributed by atoms with van der Waals surface area (Å²) in [6.07, 6.45) is 6.82. The Balaban J connectivity index is 2.10. The molecule has 0 aliphatic heterocycles. The molecule has 4 heteroatoms. The van der Waals surface area contributed by atoms with E-state index in [1.165, 1.54) is 17.7 Å². The highest BCUT2D eigenvalue weighted by molar-refractivity contribution is 7.98. The Bertz CT molecular complexity index is 399. The van der Waals surface area contributed by atoms with Gasteiger partial charge >= 0.3 is 0 Å². The van der Waals surface area contributed by atoms with Crippen LogP contribution in [0.15, 0.2) is 29.2 Å². The molecule has 1 amide bonds.